The molecule has 1 aromatic heterocycles. The van der Waals surface area contributed by atoms with Gasteiger partial charge < -0.3 is 4.90 Å². The number of hydrogen-bond donors (Lipinski definition) is 0. The van der Waals surface area contributed by atoms with E-state index in [4.69, 9.17) is 0 Å². The Balaban J connectivity index is 2.13. The average molecular weight is 313 g/mol. The summed E-state index contributed by atoms with van der Waals surface area (Å²) < 4.78 is 23.1. The Morgan fingerprint density at radius 2 is 2.30 bits per heavy atom. The first kappa shape index (κ1) is 15.3. The third-order valence-corrected chi connectivity index (χ3v) is 6.06. The molecule has 0 saturated carbocycles. The van der Waals surface area contributed by atoms with E-state index in [1.54, 1.807) is 23.2 Å². The van der Waals surface area contributed by atoms with Crippen LogP contribution in [0.25, 0.3) is 6.08 Å². The molecular weight excluding hydrogens is 294 g/mol. The number of likely N-dealkylation sites (N-methyl/N-ethyl adjacent to an activating group) is 1. The number of carbonyl (C=O) groups excluding carboxylic acids is 1. The molecule has 2 rings (SSSR count). The third-order valence-electron chi connectivity index (χ3n) is 3.49. The Morgan fingerprint density at radius 3 is 2.80 bits per heavy atom. The molecule has 0 spiro atoms. The minimum Gasteiger partial charge on any atom is -0.335 e. The number of nitrogens with zero attached hydrogens (tertiary/aromatic N) is 1. The molecule has 6 heteroatoms. The van der Waals surface area contributed by atoms with Crippen molar-refractivity contribution in [1.82, 2.24) is 4.90 Å². The molecule has 2 heterocycles. The zero-order valence-corrected chi connectivity index (χ0v) is 13.3. The highest BCUT2D eigenvalue weighted by molar-refractivity contribution is 7.91. The van der Waals surface area contributed by atoms with Crippen molar-refractivity contribution in [3.8, 4) is 0 Å². The van der Waals surface area contributed by atoms with Gasteiger partial charge in [0.25, 0.3) is 0 Å². The Bertz CT molecular complexity index is 602. The Labute approximate surface area is 124 Å². The van der Waals surface area contributed by atoms with Crippen LogP contribution in [0.1, 0.15) is 25.1 Å². The molecule has 20 heavy (non-hydrogen) atoms. The molecule has 0 aliphatic carbocycles. The third kappa shape index (κ3) is 3.49. The summed E-state index contributed by atoms with van der Waals surface area (Å²) in [5, 5.41) is 1.96. The lowest BCUT2D eigenvalue weighted by atomic mass is 10.1. The molecular formula is C14H19NO3S2. The van der Waals surface area contributed by atoms with E-state index in [1.807, 2.05) is 30.5 Å². The fourth-order valence-electron chi connectivity index (χ4n) is 2.46. The van der Waals surface area contributed by atoms with Gasteiger partial charge in [-0.3, -0.25) is 4.79 Å². The second-order valence-electron chi connectivity index (χ2n) is 4.99. The van der Waals surface area contributed by atoms with Crippen LogP contribution in [0.4, 0.5) is 0 Å². The van der Waals surface area contributed by atoms with Gasteiger partial charge in [-0.1, -0.05) is 6.07 Å². The molecule has 1 saturated heterocycles. The van der Waals surface area contributed by atoms with Gasteiger partial charge in [0, 0.05) is 23.0 Å². The maximum absolute atomic E-state index is 12.5. The number of sulfone groups is 1. The Kier molecular flexibility index (Phi) is 4.65. The van der Waals surface area contributed by atoms with Crippen molar-refractivity contribution in [3.05, 3.63) is 28.0 Å². The van der Waals surface area contributed by atoms with E-state index in [-0.39, 0.29) is 23.5 Å². The average Bonchev–Trinajstić information content (AvgIpc) is 3.00. The van der Waals surface area contributed by atoms with Gasteiger partial charge in [0.2, 0.25) is 5.91 Å². The first-order valence-electron chi connectivity index (χ1n) is 6.66. The molecule has 110 valence electrons. The van der Waals surface area contributed by atoms with E-state index >= 15 is 0 Å². The summed E-state index contributed by atoms with van der Waals surface area (Å²) in [5.41, 5.74) is 0.651. The van der Waals surface area contributed by atoms with E-state index in [0.717, 1.165) is 4.88 Å². The summed E-state index contributed by atoms with van der Waals surface area (Å²) in [6, 6.07) is 3.72. The lowest BCUT2D eigenvalue weighted by Gasteiger charge is -2.27. The SMILES string of the molecule is CCN(C(=O)/C(C)=C/c1cccs1)C1CCS(=O)(=O)C1. The van der Waals surface area contributed by atoms with Crippen molar-refractivity contribution < 1.29 is 13.2 Å². The number of carbonyl (C=O) groups is 1. The zero-order chi connectivity index (χ0) is 14.8. The number of hydrogen-bond acceptors (Lipinski definition) is 4. The van der Waals surface area contributed by atoms with Crippen molar-refractivity contribution in [2.45, 2.75) is 26.3 Å². The van der Waals surface area contributed by atoms with Gasteiger partial charge >= 0.3 is 0 Å². The molecule has 1 aromatic rings. The number of amides is 1. The summed E-state index contributed by atoms with van der Waals surface area (Å²) in [4.78, 5) is 15.2. The van der Waals surface area contributed by atoms with E-state index < -0.39 is 9.84 Å². The molecule has 0 radical (unpaired) electrons. The molecule has 1 aliphatic heterocycles. The van der Waals surface area contributed by atoms with Gasteiger partial charge in [-0.15, -0.1) is 11.3 Å². The van der Waals surface area contributed by atoms with Crippen LogP contribution in [0.3, 0.4) is 0 Å². The van der Waals surface area contributed by atoms with Crippen LogP contribution >= 0.6 is 11.3 Å². The van der Waals surface area contributed by atoms with Crippen molar-refractivity contribution >= 4 is 33.2 Å². The molecule has 1 amide bonds. The summed E-state index contributed by atoms with van der Waals surface area (Å²) in [6.07, 6.45) is 2.41. The topological polar surface area (TPSA) is 54.5 Å². The summed E-state index contributed by atoms with van der Waals surface area (Å²) in [5.74, 6) is 0.219. The van der Waals surface area contributed by atoms with Crippen LogP contribution in [0.5, 0.6) is 0 Å². The van der Waals surface area contributed by atoms with Gasteiger partial charge in [-0.05, 0) is 37.8 Å². The molecule has 4 nitrogen and oxygen atoms in total. The molecule has 1 unspecified atom stereocenters. The molecule has 0 N–H and O–H groups in total. The first-order chi connectivity index (χ1) is 9.43. The van der Waals surface area contributed by atoms with Gasteiger partial charge in [0.15, 0.2) is 9.84 Å². The molecule has 0 bridgehead atoms. The number of thiophene rings is 1. The summed E-state index contributed by atoms with van der Waals surface area (Å²) in [7, 11) is -2.97. The van der Waals surface area contributed by atoms with Crippen molar-refractivity contribution in [3.63, 3.8) is 0 Å². The Morgan fingerprint density at radius 1 is 1.55 bits per heavy atom. The highest BCUT2D eigenvalue weighted by Gasteiger charge is 2.34. The standard InChI is InChI=1S/C14H19NO3S2/c1-3-15(12-6-8-20(17,18)10-12)14(16)11(2)9-13-5-4-7-19-13/h4-5,7,9,12H,3,6,8,10H2,1-2H3/b11-9+. The normalized spacial score (nSPS) is 21.9. The van der Waals surface area contributed by atoms with Gasteiger partial charge in [0.1, 0.15) is 0 Å². The zero-order valence-electron chi connectivity index (χ0n) is 11.7. The fraction of sp³-hybridized carbons (Fsp3) is 0.500. The van der Waals surface area contributed by atoms with Crippen molar-refractivity contribution in [2.75, 3.05) is 18.1 Å². The van der Waals surface area contributed by atoms with E-state index in [1.165, 1.54) is 0 Å². The molecule has 1 atom stereocenters. The van der Waals surface area contributed by atoms with E-state index in [2.05, 4.69) is 0 Å². The minimum atomic E-state index is -2.97. The van der Waals surface area contributed by atoms with Crippen molar-refractivity contribution in [1.29, 1.82) is 0 Å². The van der Waals surface area contributed by atoms with Crippen LogP contribution < -0.4 is 0 Å². The maximum atomic E-state index is 12.5. The van der Waals surface area contributed by atoms with Crippen LogP contribution in [0.15, 0.2) is 23.1 Å². The van der Waals surface area contributed by atoms with Crippen LogP contribution in [-0.2, 0) is 14.6 Å². The highest BCUT2D eigenvalue weighted by atomic mass is 32.2. The second kappa shape index (κ2) is 6.10. The minimum absolute atomic E-state index is 0.0667. The van der Waals surface area contributed by atoms with Crippen LogP contribution in [0, 0.1) is 0 Å². The molecule has 1 fully saturated rings. The highest BCUT2D eigenvalue weighted by Crippen LogP contribution is 2.21. The predicted octanol–water partition coefficient (Wildman–Crippen LogP) is 2.19. The fourth-order valence-corrected chi connectivity index (χ4v) is 4.91. The lowest BCUT2D eigenvalue weighted by molar-refractivity contribution is -0.128. The smallest absolute Gasteiger partial charge is 0.249 e. The summed E-state index contributed by atoms with van der Waals surface area (Å²) in [6.45, 7) is 4.21. The quantitative estimate of drug-likeness (QED) is 0.801. The first-order valence-corrected chi connectivity index (χ1v) is 9.36. The van der Waals surface area contributed by atoms with Gasteiger partial charge in [-0.2, -0.15) is 0 Å². The lowest BCUT2D eigenvalue weighted by Crippen LogP contribution is -2.41. The number of rotatable bonds is 4. The van der Waals surface area contributed by atoms with E-state index in [9.17, 15) is 13.2 Å². The largest absolute Gasteiger partial charge is 0.335 e. The second-order valence-corrected chi connectivity index (χ2v) is 8.20. The van der Waals surface area contributed by atoms with E-state index in [0.29, 0.717) is 18.5 Å². The maximum Gasteiger partial charge on any atom is 0.249 e. The predicted molar refractivity (Wildman–Crippen MR) is 82.4 cm³/mol. The monoisotopic (exact) mass is 313 g/mol. The van der Waals surface area contributed by atoms with Gasteiger partial charge in [0.05, 0.1) is 11.5 Å². The van der Waals surface area contributed by atoms with Crippen molar-refractivity contribution in [2.24, 2.45) is 0 Å². The van der Waals surface area contributed by atoms with Crippen LogP contribution in [-0.4, -0.2) is 43.3 Å². The Hall–Kier alpha value is -1.14. The molecule has 1 aliphatic rings. The van der Waals surface area contributed by atoms with Gasteiger partial charge in [-0.25, -0.2) is 8.42 Å². The van der Waals surface area contributed by atoms with Crippen LogP contribution in [0.2, 0.25) is 0 Å². The summed E-state index contributed by atoms with van der Waals surface area (Å²) >= 11 is 1.58. The molecule has 0 aromatic carbocycles.